The summed E-state index contributed by atoms with van der Waals surface area (Å²) in [5, 5.41) is 17.7. The second-order valence-corrected chi connectivity index (χ2v) is 2.11. The molecule has 0 spiro atoms. The molecule has 0 saturated heterocycles. The van der Waals surface area contributed by atoms with E-state index in [1.165, 1.54) is 20.1 Å². The van der Waals surface area contributed by atoms with Crippen molar-refractivity contribution in [3.8, 4) is 0 Å². The maximum atomic E-state index is 10.4. The summed E-state index contributed by atoms with van der Waals surface area (Å²) in [6.07, 6.45) is 0.346. The zero-order valence-corrected chi connectivity index (χ0v) is 6.52. The van der Waals surface area contributed by atoms with Gasteiger partial charge in [-0.15, -0.1) is 0 Å². The largest absolute Gasteiger partial charge is 0.466 e. The number of hydrogen-bond donors (Lipinski definition) is 2. The molecule has 0 heterocycles. The van der Waals surface area contributed by atoms with E-state index in [9.17, 15) is 4.79 Å². The lowest BCUT2D eigenvalue weighted by atomic mass is 10.2. The minimum Gasteiger partial charge on any atom is -0.466 e. The van der Waals surface area contributed by atoms with Crippen molar-refractivity contribution < 1.29 is 19.7 Å². The summed E-state index contributed by atoms with van der Waals surface area (Å²) < 4.78 is 4.26. The summed E-state index contributed by atoms with van der Waals surface area (Å²) in [5.74, 6) is -0.551. The topological polar surface area (TPSA) is 66.8 Å². The molecule has 4 heteroatoms. The van der Waals surface area contributed by atoms with Gasteiger partial charge in [0.2, 0.25) is 0 Å². The molecule has 2 N–H and O–H groups in total. The van der Waals surface area contributed by atoms with Gasteiger partial charge in [0, 0.05) is 6.08 Å². The number of carbonyl (C=O) groups excluding carboxylic acids is 1. The molecule has 0 aliphatic rings. The summed E-state index contributed by atoms with van der Waals surface area (Å²) in [4.78, 5) is 10.4. The highest BCUT2D eigenvalue weighted by Gasteiger charge is 2.06. The lowest BCUT2D eigenvalue weighted by Gasteiger charge is -2.06. The van der Waals surface area contributed by atoms with Crippen molar-refractivity contribution in [2.75, 3.05) is 7.11 Å². The van der Waals surface area contributed by atoms with Crippen molar-refractivity contribution in [2.45, 2.75) is 19.1 Å². The predicted molar refractivity (Wildman–Crippen MR) is 38.8 cm³/mol. The van der Waals surface area contributed by atoms with E-state index in [0.717, 1.165) is 6.08 Å². The Bertz CT molecular complexity index is 151. The van der Waals surface area contributed by atoms with Gasteiger partial charge in [-0.1, -0.05) is 0 Å². The number of esters is 1. The van der Waals surface area contributed by atoms with Crippen molar-refractivity contribution >= 4 is 5.97 Å². The zero-order valence-electron chi connectivity index (χ0n) is 6.52. The Kier molecular flexibility index (Phi) is 4.49. The van der Waals surface area contributed by atoms with Gasteiger partial charge in [0.15, 0.2) is 0 Å². The van der Waals surface area contributed by atoms with Crippen LogP contribution in [0.5, 0.6) is 0 Å². The molecule has 0 aliphatic heterocycles. The molecule has 0 aromatic carbocycles. The van der Waals surface area contributed by atoms with Crippen LogP contribution in [-0.2, 0) is 9.53 Å². The highest BCUT2D eigenvalue weighted by atomic mass is 16.5. The van der Waals surface area contributed by atoms with Gasteiger partial charge < -0.3 is 14.9 Å². The van der Waals surface area contributed by atoms with E-state index in [1.807, 2.05) is 0 Å². The molecule has 0 unspecified atom stereocenters. The molecule has 0 bridgehead atoms. The molecule has 2 atom stereocenters. The molecular formula is C7H12O4. The minimum atomic E-state index is -1.02. The van der Waals surface area contributed by atoms with Gasteiger partial charge in [0.1, 0.15) is 0 Å². The highest BCUT2D eigenvalue weighted by molar-refractivity contribution is 5.81. The molecule has 4 nitrogen and oxygen atoms in total. The van der Waals surface area contributed by atoms with Crippen LogP contribution in [0.4, 0.5) is 0 Å². The van der Waals surface area contributed by atoms with Gasteiger partial charge in [0.05, 0.1) is 19.3 Å². The van der Waals surface area contributed by atoms with Crippen LogP contribution in [0.3, 0.4) is 0 Å². The third-order valence-corrected chi connectivity index (χ3v) is 1.12. The zero-order chi connectivity index (χ0) is 8.85. The molecule has 0 radical (unpaired) electrons. The Morgan fingerprint density at radius 1 is 1.55 bits per heavy atom. The minimum absolute atomic E-state index is 0.551. The van der Waals surface area contributed by atoms with Crippen LogP contribution in [0.1, 0.15) is 6.92 Å². The van der Waals surface area contributed by atoms with Gasteiger partial charge in [-0.25, -0.2) is 4.79 Å². The predicted octanol–water partition coefficient (Wildman–Crippen LogP) is -0.543. The van der Waals surface area contributed by atoms with Crippen LogP contribution >= 0.6 is 0 Å². The third-order valence-electron chi connectivity index (χ3n) is 1.12. The van der Waals surface area contributed by atoms with E-state index in [2.05, 4.69) is 4.74 Å². The quantitative estimate of drug-likeness (QED) is 0.429. The first-order valence-corrected chi connectivity index (χ1v) is 3.20. The van der Waals surface area contributed by atoms with Crippen molar-refractivity contribution in [1.82, 2.24) is 0 Å². The smallest absolute Gasteiger partial charge is 0.330 e. The molecule has 0 saturated carbocycles. The fourth-order valence-electron chi connectivity index (χ4n) is 0.406. The molecule has 0 aliphatic carbocycles. The lowest BCUT2D eigenvalue weighted by molar-refractivity contribution is -0.134. The first-order chi connectivity index (χ1) is 5.07. The average molecular weight is 160 g/mol. The number of rotatable bonds is 3. The van der Waals surface area contributed by atoms with Crippen molar-refractivity contribution in [1.29, 1.82) is 0 Å². The Hall–Kier alpha value is -0.870. The maximum absolute atomic E-state index is 10.4. The molecule has 0 rings (SSSR count). The summed E-state index contributed by atoms with van der Waals surface area (Å²) in [5.41, 5.74) is 0. The van der Waals surface area contributed by atoms with Crippen LogP contribution < -0.4 is 0 Å². The molecule has 0 aromatic rings. The summed E-state index contributed by atoms with van der Waals surface area (Å²) >= 11 is 0. The van der Waals surface area contributed by atoms with Crippen LogP contribution in [-0.4, -0.2) is 35.5 Å². The number of hydrogen-bond acceptors (Lipinski definition) is 4. The van der Waals surface area contributed by atoms with E-state index >= 15 is 0 Å². The Morgan fingerprint density at radius 3 is 2.45 bits per heavy atom. The number of aliphatic hydroxyl groups excluding tert-OH is 2. The maximum Gasteiger partial charge on any atom is 0.330 e. The Balaban J connectivity index is 3.82. The second kappa shape index (κ2) is 4.87. The van der Waals surface area contributed by atoms with Gasteiger partial charge in [-0.3, -0.25) is 0 Å². The van der Waals surface area contributed by atoms with E-state index in [0.29, 0.717) is 0 Å². The van der Waals surface area contributed by atoms with E-state index in [1.54, 1.807) is 0 Å². The molecule has 0 fully saturated rings. The number of methoxy groups -OCH3 is 1. The lowest BCUT2D eigenvalue weighted by Crippen LogP contribution is -2.19. The fourth-order valence-corrected chi connectivity index (χ4v) is 0.406. The van der Waals surface area contributed by atoms with Crippen LogP contribution in [0.25, 0.3) is 0 Å². The number of aliphatic hydroxyl groups is 2. The summed E-state index contributed by atoms with van der Waals surface area (Å²) in [6, 6.07) is 0. The second-order valence-electron chi connectivity index (χ2n) is 2.11. The third kappa shape index (κ3) is 4.52. The van der Waals surface area contributed by atoms with Crippen molar-refractivity contribution in [3.63, 3.8) is 0 Å². The van der Waals surface area contributed by atoms with Crippen LogP contribution in [0, 0.1) is 0 Å². The molecular weight excluding hydrogens is 148 g/mol. The average Bonchev–Trinajstić information content (AvgIpc) is 1.99. The van der Waals surface area contributed by atoms with Gasteiger partial charge >= 0.3 is 5.97 Å². The van der Waals surface area contributed by atoms with Gasteiger partial charge in [-0.2, -0.15) is 0 Å². The Morgan fingerprint density at radius 2 is 2.09 bits per heavy atom. The van der Waals surface area contributed by atoms with E-state index < -0.39 is 18.2 Å². The monoisotopic (exact) mass is 160 g/mol. The number of carbonyl (C=O) groups is 1. The van der Waals surface area contributed by atoms with Crippen molar-refractivity contribution in [2.24, 2.45) is 0 Å². The van der Waals surface area contributed by atoms with E-state index in [4.69, 9.17) is 10.2 Å². The molecule has 0 aromatic heterocycles. The molecule has 64 valence electrons. The molecule has 11 heavy (non-hydrogen) atoms. The van der Waals surface area contributed by atoms with E-state index in [-0.39, 0.29) is 0 Å². The van der Waals surface area contributed by atoms with Crippen molar-refractivity contribution in [3.05, 3.63) is 12.2 Å². The number of ether oxygens (including phenoxy) is 1. The van der Waals surface area contributed by atoms with Crippen LogP contribution in [0.2, 0.25) is 0 Å². The normalized spacial score (nSPS) is 16.4. The fraction of sp³-hybridized carbons (Fsp3) is 0.571. The standard InChI is InChI=1S/C7H12O4/c1-5(8)6(9)3-4-7(10)11-2/h3-6,8-9H,1-2H3/b4-3+/t5-,6+/m0/s1. The van der Waals surface area contributed by atoms with Gasteiger partial charge in [0.25, 0.3) is 0 Å². The summed E-state index contributed by atoms with van der Waals surface area (Å²) in [6.45, 7) is 1.42. The van der Waals surface area contributed by atoms with Crippen LogP contribution in [0.15, 0.2) is 12.2 Å². The highest BCUT2D eigenvalue weighted by Crippen LogP contribution is 1.93. The first-order valence-electron chi connectivity index (χ1n) is 3.20. The first kappa shape index (κ1) is 10.1. The molecule has 0 amide bonds. The van der Waals surface area contributed by atoms with Gasteiger partial charge in [-0.05, 0) is 13.0 Å². The SMILES string of the molecule is COC(=O)/C=C/[C@@H](O)[C@H](C)O. The summed E-state index contributed by atoms with van der Waals surface area (Å²) in [7, 11) is 1.24. The Labute approximate surface area is 65.1 Å².